The first-order valence-corrected chi connectivity index (χ1v) is 6.83. The van der Waals surface area contributed by atoms with Crippen molar-refractivity contribution in [2.45, 2.75) is 25.4 Å². The van der Waals surface area contributed by atoms with Gasteiger partial charge in [-0.25, -0.2) is 0 Å². The summed E-state index contributed by atoms with van der Waals surface area (Å²) >= 11 is 0. The van der Waals surface area contributed by atoms with Crippen molar-refractivity contribution in [3.63, 3.8) is 0 Å². The van der Waals surface area contributed by atoms with E-state index in [1.807, 2.05) is 18.2 Å². The molecule has 2 N–H and O–H groups in total. The molecule has 1 heterocycles. The summed E-state index contributed by atoms with van der Waals surface area (Å²) in [4.78, 5) is 12.0. The van der Waals surface area contributed by atoms with Crippen molar-refractivity contribution >= 4 is 11.6 Å². The molecule has 1 aromatic heterocycles. The molecule has 0 radical (unpaired) electrons. The number of nitrogens with one attached hydrogen (secondary N) is 2. The van der Waals surface area contributed by atoms with Crippen molar-refractivity contribution in [3.8, 4) is 0 Å². The summed E-state index contributed by atoms with van der Waals surface area (Å²) in [6.45, 7) is 0.848. The molecule has 1 aliphatic carbocycles. The first-order valence-electron chi connectivity index (χ1n) is 6.83. The summed E-state index contributed by atoms with van der Waals surface area (Å²) in [5, 5.41) is 10.4. The number of aryl methyl sites for hydroxylation is 1. The molecule has 104 valence electrons. The van der Waals surface area contributed by atoms with Gasteiger partial charge < -0.3 is 10.6 Å². The van der Waals surface area contributed by atoms with E-state index in [1.54, 1.807) is 24.1 Å². The Morgan fingerprint density at radius 3 is 3.00 bits per heavy atom. The molecule has 20 heavy (non-hydrogen) atoms. The molecule has 5 nitrogen and oxygen atoms in total. The minimum absolute atomic E-state index is 0.134. The highest BCUT2D eigenvalue weighted by Gasteiger charge is 2.19. The van der Waals surface area contributed by atoms with Gasteiger partial charge in [0, 0.05) is 31.5 Å². The number of nitrogens with zero attached hydrogens (tertiary/aromatic N) is 2. The highest BCUT2D eigenvalue weighted by Crippen LogP contribution is 2.20. The smallest absolute Gasteiger partial charge is 0.258 e. The molecule has 0 bridgehead atoms. The first-order chi connectivity index (χ1) is 9.70. The molecule has 3 rings (SSSR count). The van der Waals surface area contributed by atoms with Gasteiger partial charge in [-0.3, -0.25) is 9.48 Å². The molecule has 1 fully saturated rings. The number of benzene rings is 1. The molecular weight excluding hydrogens is 252 g/mol. The lowest BCUT2D eigenvalue weighted by Gasteiger charge is -2.07. The molecule has 1 amide bonds. The van der Waals surface area contributed by atoms with Crippen LogP contribution in [0.4, 0.5) is 5.69 Å². The first kappa shape index (κ1) is 12.9. The standard InChI is InChI=1S/C15H18N4O/c1-19-10-12(9-17-19)15(20)18-14-4-2-3-11(7-14)8-16-13-5-6-13/h2-4,7,9-10,13,16H,5-6,8H2,1H3,(H,18,20). The Kier molecular flexibility index (Phi) is 3.52. The Labute approximate surface area is 118 Å². The van der Waals surface area contributed by atoms with Crippen LogP contribution < -0.4 is 10.6 Å². The van der Waals surface area contributed by atoms with Gasteiger partial charge in [-0.2, -0.15) is 5.10 Å². The quantitative estimate of drug-likeness (QED) is 0.872. The van der Waals surface area contributed by atoms with Crippen molar-refractivity contribution in [3.05, 3.63) is 47.8 Å². The molecule has 1 aliphatic rings. The largest absolute Gasteiger partial charge is 0.322 e. The predicted molar refractivity (Wildman–Crippen MR) is 77.5 cm³/mol. The summed E-state index contributed by atoms with van der Waals surface area (Å²) in [5.74, 6) is -0.134. The van der Waals surface area contributed by atoms with Crippen molar-refractivity contribution in [1.82, 2.24) is 15.1 Å². The van der Waals surface area contributed by atoms with Gasteiger partial charge in [0.25, 0.3) is 5.91 Å². The second-order valence-electron chi connectivity index (χ2n) is 5.21. The monoisotopic (exact) mass is 270 g/mol. The number of rotatable bonds is 5. The van der Waals surface area contributed by atoms with Gasteiger partial charge in [0.05, 0.1) is 11.8 Å². The molecule has 2 aromatic rings. The van der Waals surface area contributed by atoms with E-state index in [9.17, 15) is 4.79 Å². The fourth-order valence-corrected chi connectivity index (χ4v) is 2.05. The third-order valence-corrected chi connectivity index (χ3v) is 3.32. The van der Waals surface area contributed by atoms with E-state index < -0.39 is 0 Å². The minimum Gasteiger partial charge on any atom is -0.322 e. The van der Waals surface area contributed by atoms with Crippen LogP contribution >= 0.6 is 0 Å². The highest BCUT2D eigenvalue weighted by atomic mass is 16.1. The number of aromatic nitrogens is 2. The molecule has 0 saturated heterocycles. The molecule has 1 aromatic carbocycles. The van der Waals surface area contributed by atoms with E-state index in [2.05, 4.69) is 21.8 Å². The Morgan fingerprint density at radius 2 is 2.30 bits per heavy atom. The average molecular weight is 270 g/mol. The zero-order valence-electron chi connectivity index (χ0n) is 11.5. The van der Waals surface area contributed by atoms with Gasteiger partial charge in [-0.05, 0) is 30.5 Å². The van der Waals surface area contributed by atoms with E-state index >= 15 is 0 Å². The molecule has 0 atom stereocenters. The van der Waals surface area contributed by atoms with Crippen LogP contribution in [0.1, 0.15) is 28.8 Å². The maximum Gasteiger partial charge on any atom is 0.258 e. The minimum atomic E-state index is -0.134. The van der Waals surface area contributed by atoms with Gasteiger partial charge in [0.15, 0.2) is 0 Å². The number of amides is 1. The Hall–Kier alpha value is -2.14. The van der Waals surface area contributed by atoms with Crippen molar-refractivity contribution in [2.75, 3.05) is 5.32 Å². The van der Waals surface area contributed by atoms with E-state index in [0.717, 1.165) is 12.2 Å². The van der Waals surface area contributed by atoms with Gasteiger partial charge >= 0.3 is 0 Å². The third-order valence-electron chi connectivity index (χ3n) is 3.32. The van der Waals surface area contributed by atoms with Crippen LogP contribution in [-0.4, -0.2) is 21.7 Å². The van der Waals surface area contributed by atoms with E-state index in [1.165, 1.54) is 18.4 Å². The summed E-state index contributed by atoms with van der Waals surface area (Å²) in [6.07, 6.45) is 5.82. The lowest BCUT2D eigenvalue weighted by molar-refractivity contribution is 0.102. The van der Waals surface area contributed by atoms with Crippen LogP contribution in [0.3, 0.4) is 0 Å². The summed E-state index contributed by atoms with van der Waals surface area (Å²) < 4.78 is 1.62. The third kappa shape index (κ3) is 3.24. The van der Waals surface area contributed by atoms with Crippen LogP contribution in [0.25, 0.3) is 0 Å². The molecule has 0 aliphatic heterocycles. The zero-order valence-corrected chi connectivity index (χ0v) is 11.5. The lowest BCUT2D eigenvalue weighted by Crippen LogP contribution is -2.16. The summed E-state index contributed by atoms with van der Waals surface area (Å²) in [7, 11) is 1.79. The molecular formula is C15H18N4O. The summed E-state index contributed by atoms with van der Waals surface area (Å²) in [5.41, 5.74) is 2.56. The second-order valence-corrected chi connectivity index (χ2v) is 5.21. The second kappa shape index (κ2) is 5.46. The van der Waals surface area contributed by atoms with Crippen molar-refractivity contribution in [1.29, 1.82) is 0 Å². The lowest BCUT2D eigenvalue weighted by atomic mass is 10.2. The number of anilines is 1. The number of carbonyl (C=O) groups is 1. The number of carbonyl (C=O) groups excluding carboxylic acids is 1. The zero-order chi connectivity index (χ0) is 13.9. The predicted octanol–water partition coefficient (Wildman–Crippen LogP) is 1.92. The van der Waals surface area contributed by atoms with Gasteiger partial charge in [0.1, 0.15) is 0 Å². The maximum absolute atomic E-state index is 12.0. The highest BCUT2D eigenvalue weighted by molar-refractivity contribution is 6.03. The Morgan fingerprint density at radius 1 is 1.45 bits per heavy atom. The maximum atomic E-state index is 12.0. The van der Waals surface area contributed by atoms with E-state index in [0.29, 0.717) is 11.6 Å². The van der Waals surface area contributed by atoms with Crippen LogP contribution in [0, 0.1) is 0 Å². The topological polar surface area (TPSA) is 59.0 Å². The Balaban J connectivity index is 1.64. The molecule has 0 unspecified atom stereocenters. The summed E-state index contributed by atoms with van der Waals surface area (Å²) in [6, 6.07) is 8.61. The Bertz CT molecular complexity index is 616. The number of hydrogen-bond acceptors (Lipinski definition) is 3. The van der Waals surface area contributed by atoms with E-state index in [-0.39, 0.29) is 5.91 Å². The fraction of sp³-hybridized carbons (Fsp3) is 0.333. The van der Waals surface area contributed by atoms with Gasteiger partial charge in [-0.15, -0.1) is 0 Å². The van der Waals surface area contributed by atoms with Crippen LogP contribution in [0.2, 0.25) is 0 Å². The molecule has 5 heteroatoms. The van der Waals surface area contributed by atoms with E-state index in [4.69, 9.17) is 0 Å². The fourth-order valence-electron chi connectivity index (χ4n) is 2.05. The average Bonchev–Trinajstić information content (AvgIpc) is 3.17. The van der Waals surface area contributed by atoms with Gasteiger partial charge in [0.2, 0.25) is 0 Å². The molecule has 1 saturated carbocycles. The van der Waals surface area contributed by atoms with Crippen LogP contribution in [0.15, 0.2) is 36.7 Å². The number of hydrogen-bond donors (Lipinski definition) is 2. The van der Waals surface area contributed by atoms with Crippen molar-refractivity contribution in [2.24, 2.45) is 7.05 Å². The van der Waals surface area contributed by atoms with Crippen LogP contribution in [0.5, 0.6) is 0 Å². The van der Waals surface area contributed by atoms with Crippen LogP contribution in [-0.2, 0) is 13.6 Å². The van der Waals surface area contributed by atoms with Crippen molar-refractivity contribution < 1.29 is 4.79 Å². The van der Waals surface area contributed by atoms with Gasteiger partial charge in [-0.1, -0.05) is 12.1 Å². The normalized spacial score (nSPS) is 14.2. The SMILES string of the molecule is Cn1cc(C(=O)Nc2cccc(CNC3CC3)c2)cn1. The molecule has 0 spiro atoms.